The van der Waals surface area contributed by atoms with Crippen LogP contribution in [0, 0.1) is 6.92 Å². The average molecular weight is 364 g/mol. The molecule has 4 nitrogen and oxygen atoms in total. The van der Waals surface area contributed by atoms with E-state index in [1.54, 1.807) is 40.5 Å². The van der Waals surface area contributed by atoms with Crippen molar-refractivity contribution in [3.63, 3.8) is 0 Å². The van der Waals surface area contributed by atoms with Crippen molar-refractivity contribution in [2.75, 3.05) is 12.3 Å². The first-order chi connectivity index (χ1) is 11.4. The van der Waals surface area contributed by atoms with Crippen molar-refractivity contribution in [1.29, 1.82) is 0 Å². The Hall–Kier alpha value is -1.66. The van der Waals surface area contributed by atoms with E-state index in [2.05, 4.69) is 11.4 Å². The Kier molecular flexibility index (Phi) is 4.78. The number of carbonyl (C=O) groups excluding carboxylic acids is 1. The molecule has 0 bridgehead atoms. The molecule has 0 fully saturated rings. The molecule has 0 aliphatic carbocycles. The van der Waals surface area contributed by atoms with Gasteiger partial charge in [-0.3, -0.25) is 4.79 Å². The van der Waals surface area contributed by atoms with Crippen molar-refractivity contribution < 1.29 is 13.2 Å². The Morgan fingerprint density at radius 2 is 1.96 bits per heavy atom. The summed E-state index contributed by atoms with van der Waals surface area (Å²) in [5, 5.41) is 2.05. The second-order valence-corrected chi connectivity index (χ2v) is 9.30. The van der Waals surface area contributed by atoms with Gasteiger partial charge in [0.25, 0.3) is 0 Å². The first-order valence-corrected chi connectivity index (χ1v) is 10.6. The number of nitrogens with zero attached hydrogens (tertiary/aromatic N) is 1. The molecule has 2 aromatic rings. The Morgan fingerprint density at radius 1 is 1.25 bits per heavy atom. The molecule has 1 aromatic carbocycles. The summed E-state index contributed by atoms with van der Waals surface area (Å²) in [7, 11) is -3.42. The third kappa shape index (κ3) is 3.39. The minimum absolute atomic E-state index is 0.0228. The Balaban J connectivity index is 1.66. The lowest BCUT2D eigenvalue weighted by Crippen LogP contribution is -2.38. The van der Waals surface area contributed by atoms with Crippen LogP contribution in [-0.2, 0) is 21.1 Å². The van der Waals surface area contributed by atoms with Crippen LogP contribution in [0.2, 0.25) is 0 Å². The molecule has 1 atom stereocenters. The topological polar surface area (TPSA) is 54.5 Å². The van der Waals surface area contributed by atoms with Crippen molar-refractivity contribution in [1.82, 2.24) is 4.90 Å². The fourth-order valence-electron chi connectivity index (χ4n) is 3.08. The van der Waals surface area contributed by atoms with E-state index in [0.717, 1.165) is 12.0 Å². The molecule has 1 aliphatic rings. The van der Waals surface area contributed by atoms with Gasteiger partial charge in [0.1, 0.15) is 0 Å². The normalized spacial score (nSPS) is 17.6. The highest BCUT2D eigenvalue weighted by Crippen LogP contribution is 2.33. The highest BCUT2D eigenvalue weighted by molar-refractivity contribution is 7.91. The molecule has 24 heavy (non-hydrogen) atoms. The summed E-state index contributed by atoms with van der Waals surface area (Å²) in [5.41, 5.74) is 2.21. The molecule has 1 aliphatic heterocycles. The molecular formula is C18H21NO3S2. The lowest BCUT2D eigenvalue weighted by atomic mass is 10.0. The maximum absolute atomic E-state index is 12.5. The van der Waals surface area contributed by atoms with E-state index in [-0.39, 0.29) is 29.0 Å². The van der Waals surface area contributed by atoms with Crippen LogP contribution in [0.1, 0.15) is 35.4 Å². The van der Waals surface area contributed by atoms with Crippen LogP contribution in [0.25, 0.3) is 0 Å². The zero-order valence-corrected chi connectivity index (χ0v) is 15.5. The van der Waals surface area contributed by atoms with Crippen LogP contribution in [-0.4, -0.2) is 31.5 Å². The van der Waals surface area contributed by atoms with Crippen LogP contribution in [0.3, 0.4) is 0 Å². The van der Waals surface area contributed by atoms with Gasteiger partial charge in [0.2, 0.25) is 5.91 Å². The van der Waals surface area contributed by atoms with Crippen molar-refractivity contribution in [2.24, 2.45) is 0 Å². The number of hydrogen-bond acceptors (Lipinski definition) is 4. The molecule has 1 amide bonds. The monoisotopic (exact) mass is 363 g/mol. The van der Waals surface area contributed by atoms with Gasteiger partial charge in [-0.05, 0) is 49.4 Å². The van der Waals surface area contributed by atoms with E-state index >= 15 is 0 Å². The van der Waals surface area contributed by atoms with Crippen LogP contribution >= 0.6 is 11.3 Å². The summed E-state index contributed by atoms with van der Waals surface area (Å²) >= 11 is 1.73. The highest BCUT2D eigenvalue weighted by atomic mass is 32.2. The van der Waals surface area contributed by atoms with Crippen LogP contribution < -0.4 is 0 Å². The molecule has 2 heterocycles. The number of fused-ring (bicyclic) bond motifs is 1. The fraction of sp³-hybridized carbons (Fsp3) is 0.389. The first-order valence-electron chi connectivity index (χ1n) is 8.03. The van der Waals surface area contributed by atoms with E-state index in [0.29, 0.717) is 6.54 Å². The van der Waals surface area contributed by atoms with Gasteiger partial charge in [0.15, 0.2) is 9.84 Å². The number of thiophene rings is 1. The van der Waals surface area contributed by atoms with Gasteiger partial charge in [0.05, 0.1) is 16.7 Å². The van der Waals surface area contributed by atoms with Gasteiger partial charge in [0, 0.05) is 17.8 Å². The third-order valence-corrected chi connectivity index (χ3v) is 7.29. The molecule has 0 spiro atoms. The molecule has 0 N–H and O–H groups in total. The standard InChI is InChI=1S/C18H21NO3S2/c1-13-3-5-15(6-4-13)24(21,22)12-9-18(20)19-10-7-17-16(14(19)2)8-11-23-17/h3-6,8,11,14H,7,9-10,12H2,1-2H3/t14-/m1/s1. The molecular weight excluding hydrogens is 342 g/mol. The lowest BCUT2D eigenvalue weighted by Gasteiger charge is -2.33. The molecule has 3 rings (SSSR count). The second-order valence-electron chi connectivity index (χ2n) is 6.19. The quantitative estimate of drug-likeness (QED) is 0.837. The number of amides is 1. The predicted molar refractivity (Wildman–Crippen MR) is 96.0 cm³/mol. The molecule has 6 heteroatoms. The summed E-state index contributed by atoms with van der Waals surface area (Å²) < 4.78 is 24.8. The smallest absolute Gasteiger partial charge is 0.224 e. The molecule has 0 radical (unpaired) electrons. The fourth-order valence-corrected chi connectivity index (χ4v) is 5.27. The molecule has 0 saturated heterocycles. The van der Waals surface area contributed by atoms with Gasteiger partial charge in [-0.15, -0.1) is 11.3 Å². The molecule has 0 saturated carbocycles. The minimum atomic E-state index is -3.42. The SMILES string of the molecule is Cc1ccc(S(=O)(=O)CCC(=O)N2CCc3sccc3[C@H]2C)cc1. The van der Waals surface area contributed by atoms with E-state index in [1.807, 2.05) is 13.8 Å². The zero-order chi connectivity index (χ0) is 17.3. The summed E-state index contributed by atoms with van der Waals surface area (Å²) in [6.07, 6.45) is 0.883. The van der Waals surface area contributed by atoms with Gasteiger partial charge < -0.3 is 4.90 Å². The largest absolute Gasteiger partial charge is 0.336 e. The number of carbonyl (C=O) groups is 1. The number of aryl methyl sites for hydroxylation is 1. The predicted octanol–water partition coefficient (Wildman–Crippen LogP) is 3.37. The summed E-state index contributed by atoms with van der Waals surface area (Å²) in [5.74, 6) is -0.232. The minimum Gasteiger partial charge on any atom is -0.336 e. The van der Waals surface area contributed by atoms with Crippen molar-refractivity contribution in [3.8, 4) is 0 Å². The van der Waals surface area contributed by atoms with Crippen LogP contribution in [0.15, 0.2) is 40.6 Å². The lowest BCUT2D eigenvalue weighted by molar-refractivity contribution is -0.133. The number of benzene rings is 1. The van der Waals surface area contributed by atoms with Crippen LogP contribution in [0.4, 0.5) is 0 Å². The Bertz CT molecular complexity index is 837. The molecule has 0 unspecified atom stereocenters. The Morgan fingerprint density at radius 3 is 2.67 bits per heavy atom. The zero-order valence-electron chi connectivity index (χ0n) is 13.9. The van der Waals surface area contributed by atoms with Crippen molar-refractivity contribution in [3.05, 3.63) is 51.7 Å². The second kappa shape index (κ2) is 6.69. The molecule has 128 valence electrons. The first kappa shape index (κ1) is 17.2. The van der Waals surface area contributed by atoms with Crippen LogP contribution in [0.5, 0.6) is 0 Å². The van der Waals surface area contributed by atoms with Gasteiger partial charge in [-0.2, -0.15) is 0 Å². The van der Waals surface area contributed by atoms with Crippen molar-refractivity contribution in [2.45, 2.75) is 37.6 Å². The number of hydrogen-bond donors (Lipinski definition) is 0. The van der Waals surface area contributed by atoms with Crippen molar-refractivity contribution >= 4 is 27.1 Å². The van der Waals surface area contributed by atoms with E-state index in [4.69, 9.17) is 0 Å². The molecule has 1 aromatic heterocycles. The maximum atomic E-state index is 12.5. The average Bonchev–Trinajstić information content (AvgIpc) is 3.03. The number of rotatable bonds is 4. The maximum Gasteiger partial charge on any atom is 0.224 e. The summed E-state index contributed by atoms with van der Waals surface area (Å²) in [4.78, 5) is 16.0. The summed E-state index contributed by atoms with van der Waals surface area (Å²) in [6, 6.07) is 8.85. The summed E-state index contributed by atoms with van der Waals surface area (Å²) in [6.45, 7) is 4.59. The van der Waals surface area contributed by atoms with E-state index < -0.39 is 9.84 Å². The van der Waals surface area contributed by atoms with E-state index in [9.17, 15) is 13.2 Å². The van der Waals surface area contributed by atoms with E-state index in [1.165, 1.54) is 10.4 Å². The van der Waals surface area contributed by atoms with Gasteiger partial charge in [-0.25, -0.2) is 8.42 Å². The van der Waals surface area contributed by atoms with Gasteiger partial charge >= 0.3 is 0 Å². The third-order valence-electron chi connectivity index (χ3n) is 4.56. The highest BCUT2D eigenvalue weighted by Gasteiger charge is 2.29. The number of sulfone groups is 1. The Labute approximate surface area is 147 Å². The van der Waals surface area contributed by atoms with Gasteiger partial charge in [-0.1, -0.05) is 17.7 Å².